The molecule has 0 spiro atoms. The molecule has 2 unspecified atom stereocenters. The molecule has 2 atom stereocenters. The summed E-state index contributed by atoms with van der Waals surface area (Å²) in [6, 6.07) is 7.42. The van der Waals surface area contributed by atoms with Crippen LogP contribution in [0.5, 0.6) is 0 Å². The van der Waals surface area contributed by atoms with Crippen LogP contribution in [0.15, 0.2) is 24.3 Å². The number of benzene rings is 1. The first kappa shape index (κ1) is 9.98. The van der Waals surface area contributed by atoms with E-state index >= 15 is 0 Å². The van der Waals surface area contributed by atoms with E-state index < -0.39 is 6.09 Å². The topological polar surface area (TPSA) is 69.6 Å². The van der Waals surface area contributed by atoms with Gasteiger partial charge in [0.15, 0.2) is 0 Å². The molecule has 1 aliphatic rings. The molecule has 80 valence electrons. The Morgan fingerprint density at radius 3 is 2.87 bits per heavy atom. The maximum atomic E-state index is 10.6. The van der Waals surface area contributed by atoms with E-state index in [1.165, 1.54) is 0 Å². The third kappa shape index (κ3) is 1.80. The fourth-order valence-corrected chi connectivity index (χ4v) is 2.18. The van der Waals surface area contributed by atoms with E-state index in [4.69, 9.17) is 5.11 Å². The van der Waals surface area contributed by atoms with Gasteiger partial charge in [-0.3, -0.25) is 0 Å². The number of aliphatic hydroxyl groups excluding tert-OH is 1. The predicted molar refractivity (Wildman–Crippen MR) is 54.6 cm³/mol. The lowest BCUT2D eigenvalue weighted by Crippen LogP contribution is -2.31. The fourth-order valence-electron chi connectivity index (χ4n) is 2.18. The Bertz CT molecular complexity index is 378. The van der Waals surface area contributed by atoms with Crippen LogP contribution in [0.2, 0.25) is 0 Å². The fraction of sp³-hybridized carbons (Fsp3) is 0.364. The van der Waals surface area contributed by atoms with Crippen molar-refractivity contribution in [2.45, 2.75) is 12.5 Å². The number of hydrogen-bond acceptors (Lipinski definition) is 2. The smallest absolute Gasteiger partial charge is 0.405 e. The second-order valence-electron chi connectivity index (χ2n) is 3.77. The first-order chi connectivity index (χ1) is 7.22. The molecule has 1 aromatic rings. The van der Waals surface area contributed by atoms with Crippen LogP contribution in [0.25, 0.3) is 0 Å². The van der Waals surface area contributed by atoms with Crippen LogP contribution in [0.3, 0.4) is 0 Å². The molecule has 1 amide bonds. The molecule has 0 aliphatic heterocycles. The quantitative estimate of drug-likeness (QED) is 0.681. The summed E-state index contributed by atoms with van der Waals surface area (Å²) in [5, 5.41) is 20.4. The van der Waals surface area contributed by atoms with Crippen molar-refractivity contribution in [3.05, 3.63) is 35.4 Å². The number of fused-ring (bicyclic) bond motifs is 1. The summed E-state index contributed by atoms with van der Waals surface area (Å²) in [5.74, 6) is -0.0431. The van der Waals surface area contributed by atoms with E-state index in [0.717, 1.165) is 17.5 Å². The molecule has 2 rings (SSSR count). The lowest BCUT2D eigenvalue weighted by molar-refractivity contribution is 0.169. The number of nitrogens with one attached hydrogen (secondary N) is 1. The zero-order valence-corrected chi connectivity index (χ0v) is 8.18. The van der Waals surface area contributed by atoms with Crippen LogP contribution in [0, 0.1) is 5.92 Å². The second-order valence-corrected chi connectivity index (χ2v) is 3.77. The van der Waals surface area contributed by atoms with E-state index in [9.17, 15) is 9.90 Å². The van der Waals surface area contributed by atoms with Gasteiger partial charge in [-0.1, -0.05) is 24.3 Å². The Hall–Kier alpha value is -1.55. The largest absolute Gasteiger partial charge is 0.465 e. The Morgan fingerprint density at radius 1 is 1.47 bits per heavy atom. The molecule has 0 fully saturated rings. The third-order valence-corrected chi connectivity index (χ3v) is 2.86. The maximum absolute atomic E-state index is 10.6. The normalized spacial score (nSPS) is 23.5. The van der Waals surface area contributed by atoms with Gasteiger partial charge in [0.25, 0.3) is 0 Å². The van der Waals surface area contributed by atoms with Crippen molar-refractivity contribution in [2.24, 2.45) is 5.92 Å². The van der Waals surface area contributed by atoms with Gasteiger partial charge in [-0.2, -0.15) is 0 Å². The first-order valence-electron chi connectivity index (χ1n) is 4.90. The lowest BCUT2D eigenvalue weighted by Gasteiger charge is -2.18. The van der Waals surface area contributed by atoms with Crippen LogP contribution in [0.1, 0.15) is 17.2 Å². The second kappa shape index (κ2) is 3.90. The van der Waals surface area contributed by atoms with E-state index in [-0.39, 0.29) is 18.6 Å². The molecule has 4 nitrogen and oxygen atoms in total. The minimum Gasteiger partial charge on any atom is -0.465 e. The number of rotatable bonds is 2. The van der Waals surface area contributed by atoms with Crippen LogP contribution in [-0.4, -0.2) is 22.9 Å². The number of amides is 1. The van der Waals surface area contributed by atoms with E-state index in [1.54, 1.807) is 0 Å². The van der Waals surface area contributed by atoms with E-state index in [1.807, 2.05) is 24.3 Å². The minimum absolute atomic E-state index is 0.000370. The minimum atomic E-state index is -1.05. The highest BCUT2D eigenvalue weighted by Crippen LogP contribution is 2.35. The molecule has 15 heavy (non-hydrogen) atoms. The molecule has 3 N–H and O–H groups in total. The molecule has 0 radical (unpaired) electrons. The highest BCUT2D eigenvalue weighted by atomic mass is 16.4. The molecule has 4 heteroatoms. The Labute approximate surface area is 87.6 Å². The predicted octanol–water partition coefficient (Wildman–Crippen LogP) is 1.16. The highest BCUT2D eigenvalue weighted by molar-refractivity contribution is 5.65. The zero-order valence-electron chi connectivity index (χ0n) is 8.18. The van der Waals surface area contributed by atoms with Crippen molar-refractivity contribution in [3.8, 4) is 0 Å². The molecular formula is C11H13NO3. The number of carbonyl (C=O) groups is 1. The van der Waals surface area contributed by atoms with Gasteiger partial charge in [0, 0.05) is 12.5 Å². The van der Waals surface area contributed by atoms with Gasteiger partial charge in [-0.05, 0) is 17.5 Å². The molecular weight excluding hydrogens is 194 g/mol. The molecule has 0 saturated carbocycles. The Kier molecular flexibility index (Phi) is 2.60. The van der Waals surface area contributed by atoms with Crippen LogP contribution < -0.4 is 5.32 Å². The van der Waals surface area contributed by atoms with Crippen molar-refractivity contribution < 1.29 is 15.0 Å². The molecule has 1 aromatic carbocycles. The third-order valence-electron chi connectivity index (χ3n) is 2.86. The summed E-state index contributed by atoms with van der Waals surface area (Å²) in [7, 11) is 0. The average molecular weight is 207 g/mol. The van der Waals surface area contributed by atoms with Gasteiger partial charge in [0.2, 0.25) is 0 Å². The molecule has 0 bridgehead atoms. The van der Waals surface area contributed by atoms with Gasteiger partial charge >= 0.3 is 6.09 Å². The number of hydrogen-bond donors (Lipinski definition) is 3. The van der Waals surface area contributed by atoms with E-state index in [0.29, 0.717) is 0 Å². The lowest BCUT2D eigenvalue weighted by atomic mass is 10.0. The van der Waals surface area contributed by atoms with Gasteiger partial charge in [0.1, 0.15) is 0 Å². The van der Waals surface area contributed by atoms with Gasteiger partial charge < -0.3 is 15.5 Å². The number of carboxylic acid groups (broad SMARTS) is 1. The van der Waals surface area contributed by atoms with Gasteiger partial charge in [-0.25, -0.2) is 4.79 Å². The van der Waals surface area contributed by atoms with Crippen molar-refractivity contribution in [3.63, 3.8) is 0 Å². The summed E-state index contributed by atoms with van der Waals surface area (Å²) in [6.45, 7) is -0.000370. The van der Waals surface area contributed by atoms with Crippen molar-refractivity contribution in [1.29, 1.82) is 0 Å². The van der Waals surface area contributed by atoms with Gasteiger partial charge in [0.05, 0.1) is 6.04 Å². The summed E-state index contributed by atoms with van der Waals surface area (Å²) in [4.78, 5) is 10.6. The summed E-state index contributed by atoms with van der Waals surface area (Å²) < 4.78 is 0. The molecule has 0 saturated heterocycles. The average Bonchev–Trinajstić information content (AvgIpc) is 2.56. The highest BCUT2D eigenvalue weighted by Gasteiger charge is 2.32. The van der Waals surface area contributed by atoms with Crippen LogP contribution in [0.4, 0.5) is 4.79 Å². The summed E-state index contributed by atoms with van der Waals surface area (Å²) >= 11 is 0. The SMILES string of the molecule is O=C(O)NC1c2ccccc2CC1CO. The summed E-state index contributed by atoms with van der Waals surface area (Å²) in [6.07, 6.45) is -0.312. The van der Waals surface area contributed by atoms with Crippen molar-refractivity contribution in [1.82, 2.24) is 5.32 Å². The van der Waals surface area contributed by atoms with Crippen molar-refractivity contribution >= 4 is 6.09 Å². The van der Waals surface area contributed by atoms with Gasteiger partial charge in [-0.15, -0.1) is 0 Å². The monoisotopic (exact) mass is 207 g/mol. The Morgan fingerprint density at radius 2 is 2.20 bits per heavy atom. The zero-order chi connectivity index (χ0) is 10.8. The van der Waals surface area contributed by atoms with E-state index in [2.05, 4.69) is 5.32 Å². The molecule has 0 heterocycles. The van der Waals surface area contributed by atoms with Crippen molar-refractivity contribution in [2.75, 3.05) is 6.61 Å². The van der Waals surface area contributed by atoms with Crippen LogP contribution in [-0.2, 0) is 6.42 Å². The molecule has 0 aromatic heterocycles. The maximum Gasteiger partial charge on any atom is 0.405 e. The standard InChI is InChI=1S/C11H13NO3/c13-6-8-5-7-3-1-2-4-9(7)10(8)12-11(14)15/h1-4,8,10,12-13H,5-6H2,(H,14,15). The first-order valence-corrected chi connectivity index (χ1v) is 4.90. The van der Waals surface area contributed by atoms with Crippen LogP contribution >= 0.6 is 0 Å². The molecule has 1 aliphatic carbocycles. The number of aliphatic hydroxyl groups is 1. The Balaban J connectivity index is 2.29. The summed E-state index contributed by atoms with van der Waals surface area (Å²) in [5.41, 5.74) is 2.11.